The highest BCUT2D eigenvalue weighted by molar-refractivity contribution is 4.75. The summed E-state index contributed by atoms with van der Waals surface area (Å²) in [6.07, 6.45) is -11.7. The van der Waals surface area contributed by atoms with Gasteiger partial charge in [0.05, 0.1) is 0 Å². The summed E-state index contributed by atoms with van der Waals surface area (Å²) in [7, 11) is 0. The van der Waals surface area contributed by atoms with Crippen LogP contribution < -0.4 is 0 Å². The molecule has 5 heteroatoms. The molecular weight excluding hydrogens is 155 g/mol. The topological polar surface area (TPSA) is 0 Å². The van der Waals surface area contributed by atoms with Gasteiger partial charge >= 0.3 is 6.18 Å². The second-order valence-electron chi connectivity index (χ2n) is 1.75. The first kappa shape index (κ1) is 9.65. The van der Waals surface area contributed by atoms with Gasteiger partial charge in [-0.1, -0.05) is 6.92 Å². The van der Waals surface area contributed by atoms with Gasteiger partial charge in [0.15, 0.2) is 0 Å². The van der Waals surface area contributed by atoms with E-state index in [9.17, 15) is 22.0 Å². The van der Waals surface area contributed by atoms with Crippen LogP contribution in [0.15, 0.2) is 0 Å². The van der Waals surface area contributed by atoms with Gasteiger partial charge in [0, 0.05) is 0 Å². The molecule has 0 saturated heterocycles. The summed E-state index contributed by atoms with van der Waals surface area (Å²) in [5, 5.41) is 0. The SMILES string of the molecule is [CH2]CC(F)C(F)C(F)(F)F. The molecule has 0 bridgehead atoms. The molecule has 0 amide bonds. The summed E-state index contributed by atoms with van der Waals surface area (Å²) < 4.78 is 57.4. The minimum atomic E-state index is -5.10. The predicted molar refractivity (Wildman–Crippen MR) is 25.8 cm³/mol. The number of hydrogen-bond acceptors (Lipinski definition) is 0. The van der Waals surface area contributed by atoms with E-state index in [1.165, 1.54) is 0 Å². The second-order valence-corrected chi connectivity index (χ2v) is 1.75. The first-order valence-corrected chi connectivity index (χ1v) is 2.53. The fourth-order valence-electron chi connectivity index (χ4n) is 0.351. The Morgan fingerprint density at radius 3 is 1.70 bits per heavy atom. The Hall–Kier alpha value is -0.350. The first-order valence-electron chi connectivity index (χ1n) is 2.53. The highest BCUT2D eigenvalue weighted by Crippen LogP contribution is 2.27. The monoisotopic (exact) mass is 161 g/mol. The zero-order chi connectivity index (χ0) is 8.36. The van der Waals surface area contributed by atoms with Crippen molar-refractivity contribution in [2.45, 2.75) is 24.9 Å². The van der Waals surface area contributed by atoms with Crippen molar-refractivity contribution in [3.8, 4) is 0 Å². The third kappa shape index (κ3) is 2.49. The molecule has 2 unspecified atom stereocenters. The summed E-state index contributed by atoms with van der Waals surface area (Å²) in [6.45, 7) is 2.81. The molecule has 61 valence electrons. The number of hydrogen-bond donors (Lipinski definition) is 0. The van der Waals surface area contributed by atoms with Crippen LogP contribution in [0, 0.1) is 6.92 Å². The van der Waals surface area contributed by atoms with Gasteiger partial charge in [-0.15, -0.1) is 0 Å². The van der Waals surface area contributed by atoms with Gasteiger partial charge in [-0.05, 0) is 6.42 Å². The molecule has 10 heavy (non-hydrogen) atoms. The fourth-order valence-corrected chi connectivity index (χ4v) is 0.351. The highest BCUT2D eigenvalue weighted by atomic mass is 19.4. The maximum absolute atomic E-state index is 11.9. The van der Waals surface area contributed by atoms with Crippen LogP contribution in [0.25, 0.3) is 0 Å². The summed E-state index contributed by atoms with van der Waals surface area (Å²) in [5.74, 6) is 0. The molecule has 0 aromatic heterocycles. The normalized spacial score (nSPS) is 18.6. The Morgan fingerprint density at radius 1 is 1.20 bits per heavy atom. The fraction of sp³-hybridized carbons (Fsp3) is 0.800. The largest absolute Gasteiger partial charge is 0.422 e. The van der Waals surface area contributed by atoms with Gasteiger partial charge in [-0.25, -0.2) is 8.78 Å². The molecule has 1 radical (unpaired) electrons. The van der Waals surface area contributed by atoms with Crippen molar-refractivity contribution in [1.82, 2.24) is 0 Å². The molecule has 0 aromatic rings. The molecule has 0 spiro atoms. The van der Waals surface area contributed by atoms with Gasteiger partial charge in [-0.2, -0.15) is 13.2 Å². The van der Waals surface area contributed by atoms with Crippen molar-refractivity contribution in [2.24, 2.45) is 0 Å². The van der Waals surface area contributed by atoms with E-state index in [-0.39, 0.29) is 0 Å². The third-order valence-electron chi connectivity index (χ3n) is 0.906. The predicted octanol–water partition coefficient (Wildman–Crippen LogP) is 2.45. The summed E-state index contributed by atoms with van der Waals surface area (Å²) in [4.78, 5) is 0. The van der Waals surface area contributed by atoms with Crippen LogP contribution in [0.2, 0.25) is 0 Å². The van der Waals surface area contributed by atoms with Gasteiger partial charge in [0.1, 0.15) is 6.17 Å². The molecule has 0 nitrogen and oxygen atoms in total. The minimum absolute atomic E-state index is 0.708. The van der Waals surface area contributed by atoms with Crippen molar-refractivity contribution >= 4 is 0 Å². The van der Waals surface area contributed by atoms with Gasteiger partial charge in [0.25, 0.3) is 0 Å². The van der Waals surface area contributed by atoms with E-state index in [1.54, 1.807) is 0 Å². The summed E-state index contributed by atoms with van der Waals surface area (Å²) >= 11 is 0. The van der Waals surface area contributed by atoms with Crippen LogP contribution in [0.5, 0.6) is 0 Å². The molecule has 0 aliphatic rings. The zero-order valence-corrected chi connectivity index (χ0v) is 4.96. The minimum Gasteiger partial charge on any atom is -0.244 e. The average Bonchev–Trinajstić information content (AvgIpc) is 1.83. The Bertz CT molecular complexity index is 96.7. The number of halogens is 5. The van der Waals surface area contributed by atoms with Gasteiger partial charge in [0.2, 0.25) is 6.17 Å². The van der Waals surface area contributed by atoms with Gasteiger partial charge < -0.3 is 0 Å². The second kappa shape index (κ2) is 3.16. The molecule has 0 aliphatic carbocycles. The molecular formula is C5H6F5. The van der Waals surface area contributed by atoms with Crippen LogP contribution >= 0.6 is 0 Å². The van der Waals surface area contributed by atoms with E-state index >= 15 is 0 Å². The van der Waals surface area contributed by atoms with E-state index in [1.807, 2.05) is 0 Å². The lowest BCUT2D eigenvalue weighted by Gasteiger charge is -2.14. The maximum atomic E-state index is 11.9. The smallest absolute Gasteiger partial charge is 0.244 e. The van der Waals surface area contributed by atoms with Crippen LogP contribution in [-0.4, -0.2) is 18.5 Å². The summed E-state index contributed by atoms with van der Waals surface area (Å²) in [6, 6.07) is 0. The van der Waals surface area contributed by atoms with Gasteiger partial charge in [-0.3, -0.25) is 0 Å². The Balaban J connectivity index is 3.94. The lowest BCUT2D eigenvalue weighted by molar-refractivity contribution is -0.195. The molecule has 0 saturated carbocycles. The number of alkyl halides is 5. The Labute approximate surface area is 55.0 Å². The first-order chi connectivity index (χ1) is 4.39. The highest BCUT2D eigenvalue weighted by Gasteiger charge is 2.45. The quantitative estimate of drug-likeness (QED) is 0.545. The van der Waals surface area contributed by atoms with E-state index < -0.39 is 24.9 Å². The van der Waals surface area contributed by atoms with E-state index in [4.69, 9.17) is 0 Å². The Morgan fingerprint density at radius 2 is 1.60 bits per heavy atom. The lowest BCUT2D eigenvalue weighted by atomic mass is 10.2. The Kier molecular flexibility index (Phi) is 3.05. The molecule has 2 atom stereocenters. The van der Waals surface area contributed by atoms with Crippen molar-refractivity contribution in [1.29, 1.82) is 0 Å². The summed E-state index contributed by atoms with van der Waals surface area (Å²) in [5.41, 5.74) is 0. The standard InChI is InChI=1S/C5H6F5/c1-2-3(6)4(7)5(8,9)10/h3-4H,1-2H2. The molecule has 0 aliphatic heterocycles. The van der Waals surface area contributed by atoms with Crippen molar-refractivity contribution in [3.05, 3.63) is 6.92 Å². The van der Waals surface area contributed by atoms with E-state index in [0.29, 0.717) is 0 Å². The van der Waals surface area contributed by atoms with Crippen molar-refractivity contribution in [2.75, 3.05) is 0 Å². The molecule has 0 N–H and O–H groups in total. The van der Waals surface area contributed by atoms with Crippen LogP contribution in [0.3, 0.4) is 0 Å². The van der Waals surface area contributed by atoms with Crippen LogP contribution in [-0.2, 0) is 0 Å². The van der Waals surface area contributed by atoms with E-state index in [2.05, 4.69) is 6.92 Å². The van der Waals surface area contributed by atoms with E-state index in [0.717, 1.165) is 0 Å². The third-order valence-corrected chi connectivity index (χ3v) is 0.906. The average molecular weight is 161 g/mol. The molecule has 0 aromatic carbocycles. The van der Waals surface area contributed by atoms with Crippen molar-refractivity contribution in [3.63, 3.8) is 0 Å². The molecule has 0 fully saturated rings. The van der Waals surface area contributed by atoms with Crippen molar-refractivity contribution < 1.29 is 22.0 Å². The van der Waals surface area contributed by atoms with Crippen LogP contribution in [0.1, 0.15) is 6.42 Å². The lowest BCUT2D eigenvalue weighted by Crippen LogP contribution is -2.33. The number of rotatable bonds is 2. The maximum Gasteiger partial charge on any atom is 0.422 e. The van der Waals surface area contributed by atoms with Crippen LogP contribution in [0.4, 0.5) is 22.0 Å². The molecule has 0 rings (SSSR count). The molecule has 0 heterocycles. The zero-order valence-electron chi connectivity index (χ0n) is 4.96.